The van der Waals surface area contributed by atoms with Gasteiger partial charge < -0.3 is 10.0 Å². The molecule has 0 atom stereocenters. The first-order chi connectivity index (χ1) is 8.51. The maximum atomic E-state index is 9.97. The van der Waals surface area contributed by atoms with Gasteiger partial charge in [0, 0.05) is 18.5 Å². The number of rotatable bonds is 4. The lowest BCUT2D eigenvalue weighted by molar-refractivity contribution is 0.0876. The summed E-state index contributed by atoms with van der Waals surface area (Å²) in [5.41, 5.74) is 1.16. The summed E-state index contributed by atoms with van der Waals surface area (Å²) in [6.45, 7) is 7.08. The Morgan fingerprint density at radius 3 is 2.67 bits per heavy atom. The molecule has 0 spiro atoms. The number of likely N-dealkylation sites (N-methyl/N-ethyl adjacent to an activating group) is 1. The predicted octanol–water partition coefficient (Wildman–Crippen LogP) is 2.23. The molecule has 0 aliphatic heterocycles. The third-order valence-corrected chi connectivity index (χ3v) is 2.83. The minimum atomic E-state index is -0.736. The van der Waals surface area contributed by atoms with E-state index in [0.717, 1.165) is 23.1 Å². The summed E-state index contributed by atoms with van der Waals surface area (Å²) in [5, 5.41) is 19.2. The molecular weight excluding hydrogens is 226 g/mol. The molecule has 0 unspecified atom stereocenters. The van der Waals surface area contributed by atoms with Gasteiger partial charge in [0.25, 0.3) is 0 Å². The van der Waals surface area contributed by atoms with Crippen molar-refractivity contribution in [2.45, 2.75) is 26.4 Å². The van der Waals surface area contributed by atoms with Crippen molar-refractivity contribution in [2.24, 2.45) is 0 Å². The summed E-state index contributed by atoms with van der Waals surface area (Å²) in [6, 6.07) is 7.93. The van der Waals surface area contributed by atoms with Crippen LogP contribution in [0.5, 0.6) is 0 Å². The van der Waals surface area contributed by atoms with E-state index in [1.54, 1.807) is 6.20 Å². The van der Waals surface area contributed by atoms with Gasteiger partial charge in [-0.3, -0.25) is 0 Å². The Bertz CT molecular complexity index is 529. The zero-order valence-corrected chi connectivity index (χ0v) is 11.1. The van der Waals surface area contributed by atoms with Crippen LogP contribution < -0.4 is 4.90 Å². The van der Waals surface area contributed by atoms with Crippen molar-refractivity contribution in [1.29, 1.82) is 0 Å². The number of aromatic nitrogens is 2. The van der Waals surface area contributed by atoms with Crippen molar-refractivity contribution in [3.05, 3.63) is 30.5 Å². The summed E-state index contributed by atoms with van der Waals surface area (Å²) in [7, 11) is 0. The van der Waals surface area contributed by atoms with E-state index in [9.17, 15) is 5.11 Å². The largest absolute Gasteiger partial charge is 0.389 e. The molecule has 4 nitrogen and oxygen atoms in total. The molecule has 0 bridgehead atoms. The van der Waals surface area contributed by atoms with Crippen LogP contribution in [-0.2, 0) is 0 Å². The molecule has 1 heterocycles. The molecule has 1 aromatic carbocycles. The molecule has 1 N–H and O–H groups in total. The monoisotopic (exact) mass is 245 g/mol. The fourth-order valence-corrected chi connectivity index (χ4v) is 2.08. The molecule has 0 fully saturated rings. The number of hydrogen-bond donors (Lipinski definition) is 1. The van der Waals surface area contributed by atoms with Crippen LogP contribution in [0.1, 0.15) is 20.8 Å². The average molecular weight is 245 g/mol. The molecular formula is C14H19N3O. The highest BCUT2D eigenvalue weighted by molar-refractivity contribution is 5.90. The Morgan fingerprint density at radius 1 is 1.28 bits per heavy atom. The summed E-state index contributed by atoms with van der Waals surface area (Å²) >= 11 is 0. The summed E-state index contributed by atoms with van der Waals surface area (Å²) < 4.78 is 0. The quantitative estimate of drug-likeness (QED) is 0.897. The van der Waals surface area contributed by atoms with Crippen LogP contribution in [0.25, 0.3) is 10.9 Å². The molecule has 0 aliphatic rings. The van der Waals surface area contributed by atoms with Crippen molar-refractivity contribution < 1.29 is 5.11 Å². The Hall–Kier alpha value is -1.68. The topological polar surface area (TPSA) is 49.2 Å². The van der Waals surface area contributed by atoms with Gasteiger partial charge in [-0.2, -0.15) is 10.2 Å². The molecule has 4 heteroatoms. The van der Waals surface area contributed by atoms with Gasteiger partial charge >= 0.3 is 0 Å². The molecule has 2 aromatic rings. The zero-order valence-electron chi connectivity index (χ0n) is 11.1. The van der Waals surface area contributed by atoms with Crippen LogP contribution in [-0.4, -0.2) is 34.0 Å². The van der Waals surface area contributed by atoms with Crippen molar-refractivity contribution in [3.63, 3.8) is 0 Å². The second-order valence-electron chi connectivity index (χ2n) is 5.07. The first kappa shape index (κ1) is 12.8. The minimum Gasteiger partial charge on any atom is -0.389 e. The predicted molar refractivity (Wildman–Crippen MR) is 73.7 cm³/mol. The second kappa shape index (κ2) is 4.90. The van der Waals surface area contributed by atoms with Crippen molar-refractivity contribution in [2.75, 3.05) is 18.0 Å². The van der Waals surface area contributed by atoms with Gasteiger partial charge in [-0.1, -0.05) is 18.2 Å². The fraction of sp³-hybridized carbons (Fsp3) is 0.429. The Morgan fingerprint density at radius 2 is 2.00 bits per heavy atom. The van der Waals surface area contributed by atoms with Gasteiger partial charge in [-0.25, -0.2) is 0 Å². The molecule has 2 rings (SSSR count). The van der Waals surface area contributed by atoms with Gasteiger partial charge in [-0.05, 0) is 26.8 Å². The normalized spacial score (nSPS) is 11.8. The number of fused-ring (bicyclic) bond motifs is 1. The van der Waals surface area contributed by atoms with E-state index in [1.807, 2.05) is 38.1 Å². The number of aliphatic hydroxyl groups is 1. The van der Waals surface area contributed by atoms with Crippen molar-refractivity contribution in [1.82, 2.24) is 10.2 Å². The van der Waals surface area contributed by atoms with Crippen LogP contribution >= 0.6 is 0 Å². The highest BCUT2D eigenvalue weighted by atomic mass is 16.3. The van der Waals surface area contributed by atoms with Gasteiger partial charge in [-0.15, -0.1) is 0 Å². The summed E-state index contributed by atoms with van der Waals surface area (Å²) in [5.74, 6) is 0. The summed E-state index contributed by atoms with van der Waals surface area (Å²) in [4.78, 5) is 2.12. The molecule has 0 amide bonds. The molecule has 1 aromatic heterocycles. The minimum absolute atomic E-state index is 0.569. The number of benzene rings is 1. The first-order valence-electron chi connectivity index (χ1n) is 6.19. The Balaban J connectivity index is 2.45. The Kier molecular flexibility index (Phi) is 3.48. The molecule has 96 valence electrons. The number of nitrogens with zero attached hydrogens (tertiary/aromatic N) is 3. The lowest BCUT2D eigenvalue weighted by Gasteiger charge is -2.30. The van der Waals surface area contributed by atoms with Crippen LogP contribution in [0.15, 0.2) is 30.5 Å². The molecule has 0 saturated carbocycles. The number of anilines is 1. The lowest BCUT2D eigenvalue weighted by atomic mass is 10.1. The third-order valence-electron chi connectivity index (χ3n) is 2.83. The molecule has 0 aliphatic carbocycles. The van der Waals surface area contributed by atoms with Crippen molar-refractivity contribution in [3.8, 4) is 0 Å². The van der Waals surface area contributed by atoms with E-state index >= 15 is 0 Å². The van der Waals surface area contributed by atoms with Gasteiger partial charge in [0.2, 0.25) is 0 Å². The van der Waals surface area contributed by atoms with E-state index < -0.39 is 5.60 Å². The average Bonchev–Trinajstić information content (AvgIpc) is 2.34. The van der Waals surface area contributed by atoms with Crippen LogP contribution in [0.4, 0.5) is 5.69 Å². The third kappa shape index (κ3) is 2.76. The maximum absolute atomic E-state index is 9.97. The van der Waals surface area contributed by atoms with Gasteiger partial charge in [0.15, 0.2) is 0 Å². The van der Waals surface area contributed by atoms with Crippen molar-refractivity contribution >= 4 is 16.6 Å². The van der Waals surface area contributed by atoms with Crippen LogP contribution in [0.3, 0.4) is 0 Å². The standard InChI is InChI=1S/C14H19N3O/c1-4-17(10-14(2,3)18)13-9-15-16-12-8-6-5-7-11(12)13/h5-9,18H,4,10H2,1-3H3. The maximum Gasteiger partial charge on any atom is 0.0950 e. The first-order valence-corrected chi connectivity index (χ1v) is 6.19. The Labute approximate surface area is 107 Å². The zero-order chi connectivity index (χ0) is 13.2. The van der Waals surface area contributed by atoms with Gasteiger partial charge in [0.1, 0.15) is 0 Å². The van der Waals surface area contributed by atoms with E-state index in [-0.39, 0.29) is 0 Å². The smallest absolute Gasteiger partial charge is 0.0950 e. The molecule has 0 saturated heterocycles. The summed E-state index contributed by atoms with van der Waals surface area (Å²) in [6.07, 6.45) is 1.76. The second-order valence-corrected chi connectivity index (χ2v) is 5.07. The molecule has 0 radical (unpaired) electrons. The van der Waals surface area contributed by atoms with Gasteiger partial charge in [0.05, 0.1) is 23.0 Å². The van der Waals surface area contributed by atoms with Crippen LogP contribution in [0, 0.1) is 0 Å². The van der Waals surface area contributed by atoms with E-state index in [2.05, 4.69) is 22.0 Å². The lowest BCUT2D eigenvalue weighted by Crippen LogP contribution is -2.38. The number of hydrogen-bond acceptors (Lipinski definition) is 4. The molecule has 18 heavy (non-hydrogen) atoms. The van der Waals surface area contributed by atoms with E-state index in [1.165, 1.54) is 0 Å². The van der Waals surface area contributed by atoms with E-state index in [0.29, 0.717) is 6.54 Å². The SMILES string of the molecule is CCN(CC(C)(C)O)c1cnnc2ccccc12. The highest BCUT2D eigenvalue weighted by Crippen LogP contribution is 2.25. The van der Waals surface area contributed by atoms with E-state index in [4.69, 9.17) is 0 Å². The highest BCUT2D eigenvalue weighted by Gasteiger charge is 2.19. The fourth-order valence-electron chi connectivity index (χ4n) is 2.08. The van der Waals surface area contributed by atoms with Crippen LogP contribution in [0.2, 0.25) is 0 Å².